The van der Waals surface area contributed by atoms with E-state index in [0.717, 1.165) is 51.6 Å². The first-order chi connectivity index (χ1) is 9.83. The number of guanidine groups is 1. The van der Waals surface area contributed by atoms with Crippen LogP contribution in [0.2, 0.25) is 0 Å². The number of nitrogens with one attached hydrogen (secondary N) is 1. The molecule has 1 N–H and O–H groups in total. The largest absolute Gasteiger partial charge is 0.357 e. The second-order valence-electron chi connectivity index (χ2n) is 6.89. The van der Waals surface area contributed by atoms with E-state index in [4.69, 9.17) is 4.99 Å². The third-order valence-corrected chi connectivity index (χ3v) is 3.71. The molecule has 0 unspecified atom stereocenters. The molecular weight excluding hydrogens is 391 g/mol. The first kappa shape index (κ1) is 21.5. The number of halogens is 1. The van der Waals surface area contributed by atoms with E-state index in [0.29, 0.717) is 5.41 Å². The number of hydrogen-bond acceptors (Lipinski definition) is 2. The molecule has 1 fully saturated rings. The first-order valence-electron chi connectivity index (χ1n) is 8.12. The molecule has 1 saturated heterocycles. The highest BCUT2D eigenvalue weighted by Crippen LogP contribution is 2.20. The van der Waals surface area contributed by atoms with Gasteiger partial charge < -0.3 is 15.1 Å². The lowest BCUT2D eigenvalue weighted by Gasteiger charge is -2.36. The Kier molecular flexibility index (Phi) is 10.0. The van der Waals surface area contributed by atoms with Crippen molar-refractivity contribution in [1.29, 1.82) is 0 Å². The Labute approximate surface area is 152 Å². The van der Waals surface area contributed by atoms with Crippen LogP contribution in [0.3, 0.4) is 0 Å². The Morgan fingerprint density at radius 3 is 2.14 bits per heavy atom. The third kappa shape index (κ3) is 8.19. The number of carbonyl (C=O) groups is 1. The van der Waals surface area contributed by atoms with Crippen LogP contribution in [-0.2, 0) is 4.79 Å². The van der Waals surface area contributed by atoms with E-state index < -0.39 is 0 Å². The van der Waals surface area contributed by atoms with Crippen molar-refractivity contribution in [2.45, 2.75) is 47.5 Å². The Hall–Kier alpha value is -0.530. The molecular formula is C16H33IN4O. The number of hydrogen-bond donors (Lipinski definition) is 1. The van der Waals surface area contributed by atoms with Crippen LogP contribution >= 0.6 is 24.0 Å². The molecule has 5 nitrogen and oxygen atoms in total. The van der Waals surface area contributed by atoms with Gasteiger partial charge >= 0.3 is 0 Å². The van der Waals surface area contributed by atoms with Gasteiger partial charge in [0.25, 0.3) is 0 Å². The Morgan fingerprint density at radius 2 is 1.68 bits per heavy atom. The van der Waals surface area contributed by atoms with Crippen LogP contribution in [0.4, 0.5) is 0 Å². The summed E-state index contributed by atoms with van der Waals surface area (Å²) in [6, 6.07) is 0. The summed E-state index contributed by atoms with van der Waals surface area (Å²) in [6.07, 6.45) is 2.31. The summed E-state index contributed by atoms with van der Waals surface area (Å²) in [5, 5.41) is 3.37. The van der Waals surface area contributed by atoms with Gasteiger partial charge in [0.2, 0.25) is 5.91 Å². The van der Waals surface area contributed by atoms with Gasteiger partial charge in [-0.05, 0) is 25.2 Å². The van der Waals surface area contributed by atoms with E-state index in [9.17, 15) is 4.79 Å². The molecule has 0 aromatic carbocycles. The molecule has 6 heteroatoms. The van der Waals surface area contributed by atoms with Crippen molar-refractivity contribution < 1.29 is 4.79 Å². The van der Waals surface area contributed by atoms with Crippen LogP contribution in [-0.4, -0.2) is 60.9 Å². The molecule has 22 heavy (non-hydrogen) atoms. The third-order valence-electron chi connectivity index (χ3n) is 3.71. The molecule has 0 spiro atoms. The lowest BCUT2D eigenvalue weighted by Crippen LogP contribution is -2.53. The zero-order valence-electron chi connectivity index (χ0n) is 14.8. The SMILES string of the molecule is CCNC(=NCCCC(C)(C)C)N1CCN(C(C)=O)CC1.I. The Balaban J connectivity index is 0.00000441. The molecule has 0 radical (unpaired) electrons. The summed E-state index contributed by atoms with van der Waals surface area (Å²) in [5.41, 5.74) is 0.376. The molecule has 0 bridgehead atoms. The molecule has 0 saturated carbocycles. The lowest BCUT2D eigenvalue weighted by atomic mass is 9.91. The first-order valence-corrected chi connectivity index (χ1v) is 8.12. The molecule has 0 aliphatic carbocycles. The summed E-state index contributed by atoms with van der Waals surface area (Å²) in [5.74, 6) is 1.16. The highest BCUT2D eigenvalue weighted by Gasteiger charge is 2.20. The lowest BCUT2D eigenvalue weighted by molar-refractivity contribution is -0.130. The van der Waals surface area contributed by atoms with Gasteiger partial charge in [-0.25, -0.2) is 0 Å². The highest BCUT2D eigenvalue weighted by atomic mass is 127. The van der Waals surface area contributed by atoms with Crippen LogP contribution in [0.15, 0.2) is 4.99 Å². The molecule has 130 valence electrons. The zero-order chi connectivity index (χ0) is 15.9. The molecule has 1 aliphatic heterocycles. The van der Waals surface area contributed by atoms with Crippen molar-refractivity contribution in [3.63, 3.8) is 0 Å². The van der Waals surface area contributed by atoms with Crippen LogP contribution < -0.4 is 5.32 Å². The fraction of sp³-hybridized carbons (Fsp3) is 0.875. The molecule has 0 atom stereocenters. The van der Waals surface area contributed by atoms with Crippen molar-refractivity contribution in [3.8, 4) is 0 Å². The molecule has 1 rings (SSSR count). The highest BCUT2D eigenvalue weighted by molar-refractivity contribution is 14.0. The number of piperazine rings is 1. The Bertz CT molecular complexity index is 358. The average Bonchev–Trinajstić information content (AvgIpc) is 2.41. The van der Waals surface area contributed by atoms with Gasteiger partial charge in [0.1, 0.15) is 0 Å². The molecule has 0 aromatic rings. The summed E-state index contributed by atoms with van der Waals surface area (Å²) < 4.78 is 0. The standard InChI is InChI=1S/C16H32N4O.HI/c1-6-17-15(18-9-7-8-16(3,4)5)20-12-10-19(11-13-20)14(2)21;/h6-13H2,1-5H3,(H,17,18);1H. The van der Waals surface area contributed by atoms with Crippen LogP contribution in [0.25, 0.3) is 0 Å². The number of rotatable bonds is 4. The second kappa shape index (κ2) is 10.3. The molecule has 1 heterocycles. The minimum atomic E-state index is 0. The number of nitrogens with zero attached hydrogens (tertiary/aromatic N) is 3. The van der Waals surface area contributed by atoms with Gasteiger partial charge in [0.15, 0.2) is 5.96 Å². The predicted molar refractivity (Wildman–Crippen MR) is 104 cm³/mol. The summed E-state index contributed by atoms with van der Waals surface area (Å²) >= 11 is 0. The van der Waals surface area contributed by atoms with E-state index >= 15 is 0 Å². The van der Waals surface area contributed by atoms with Crippen molar-refractivity contribution in [2.24, 2.45) is 10.4 Å². The number of aliphatic imine (C=N–C) groups is 1. The van der Waals surface area contributed by atoms with E-state index in [1.807, 2.05) is 4.90 Å². The fourth-order valence-corrected chi connectivity index (χ4v) is 2.45. The molecule has 1 aliphatic rings. The monoisotopic (exact) mass is 424 g/mol. The summed E-state index contributed by atoms with van der Waals surface area (Å²) in [4.78, 5) is 20.3. The van der Waals surface area contributed by atoms with Gasteiger partial charge in [-0.15, -0.1) is 24.0 Å². The minimum absolute atomic E-state index is 0. The molecule has 0 aromatic heterocycles. The van der Waals surface area contributed by atoms with Crippen molar-refractivity contribution in [3.05, 3.63) is 0 Å². The average molecular weight is 424 g/mol. The number of amides is 1. The molecule has 1 amide bonds. The summed E-state index contributed by atoms with van der Waals surface area (Å²) in [7, 11) is 0. The topological polar surface area (TPSA) is 47.9 Å². The van der Waals surface area contributed by atoms with Crippen molar-refractivity contribution in [2.75, 3.05) is 39.3 Å². The van der Waals surface area contributed by atoms with E-state index in [2.05, 4.69) is 37.9 Å². The maximum Gasteiger partial charge on any atom is 0.219 e. The Morgan fingerprint density at radius 1 is 1.14 bits per heavy atom. The van der Waals surface area contributed by atoms with Gasteiger partial charge in [-0.1, -0.05) is 20.8 Å². The maximum atomic E-state index is 11.4. The number of carbonyl (C=O) groups excluding carboxylic acids is 1. The van der Waals surface area contributed by atoms with E-state index in [1.54, 1.807) is 6.92 Å². The zero-order valence-corrected chi connectivity index (χ0v) is 17.1. The van der Waals surface area contributed by atoms with Gasteiger partial charge in [0, 0.05) is 46.2 Å². The quantitative estimate of drug-likeness (QED) is 0.327. The summed E-state index contributed by atoms with van der Waals surface area (Å²) in [6.45, 7) is 15.6. The predicted octanol–water partition coefficient (Wildman–Crippen LogP) is 2.56. The fourth-order valence-electron chi connectivity index (χ4n) is 2.45. The van der Waals surface area contributed by atoms with Gasteiger partial charge in [-0.3, -0.25) is 9.79 Å². The van der Waals surface area contributed by atoms with Gasteiger partial charge in [-0.2, -0.15) is 0 Å². The smallest absolute Gasteiger partial charge is 0.219 e. The van der Waals surface area contributed by atoms with Crippen LogP contribution in [0.5, 0.6) is 0 Å². The van der Waals surface area contributed by atoms with Gasteiger partial charge in [0.05, 0.1) is 0 Å². The van der Waals surface area contributed by atoms with E-state index in [-0.39, 0.29) is 29.9 Å². The van der Waals surface area contributed by atoms with Crippen molar-refractivity contribution in [1.82, 2.24) is 15.1 Å². The van der Waals surface area contributed by atoms with E-state index in [1.165, 1.54) is 6.42 Å². The van der Waals surface area contributed by atoms with Crippen molar-refractivity contribution >= 4 is 35.8 Å². The van der Waals surface area contributed by atoms with Crippen LogP contribution in [0, 0.1) is 5.41 Å². The second-order valence-corrected chi connectivity index (χ2v) is 6.89. The maximum absolute atomic E-state index is 11.4. The van der Waals surface area contributed by atoms with Crippen LogP contribution in [0.1, 0.15) is 47.5 Å². The normalized spacial score (nSPS) is 16.3. The minimum Gasteiger partial charge on any atom is -0.357 e.